The van der Waals surface area contributed by atoms with E-state index in [1.807, 2.05) is 39.8 Å². The van der Waals surface area contributed by atoms with Gasteiger partial charge in [0.25, 0.3) is 0 Å². The first kappa shape index (κ1) is 26.4. The minimum atomic E-state index is -0.745. The number of aliphatic hydroxyl groups is 1. The largest absolute Gasteiger partial charge is 0.394 e. The molecule has 1 fully saturated rings. The topological polar surface area (TPSA) is 98.7 Å². The van der Waals surface area contributed by atoms with Crippen LogP contribution in [-0.2, 0) is 14.4 Å². The van der Waals surface area contributed by atoms with Crippen LogP contribution in [0.4, 0.5) is 0 Å². The van der Waals surface area contributed by atoms with Crippen molar-refractivity contribution in [1.82, 2.24) is 15.5 Å². The van der Waals surface area contributed by atoms with Gasteiger partial charge in [-0.25, -0.2) is 0 Å². The molecule has 1 heterocycles. The average Bonchev–Trinajstić information content (AvgIpc) is 2.98. The Hall–Kier alpha value is -1.89. The molecule has 0 aromatic heterocycles. The monoisotopic (exact) mass is 449 g/mol. The van der Waals surface area contributed by atoms with Crippen LogP contribution in [0, 0.1) is 29.1 Å². The van der Waals surface area contributed by atoms with E-state index in [0.717, 1.165) is 12.8 Å². The summed E-state index contributed by atoms with van der Waals surface area (Å²) in [5.41, 5.74) is -0.446. The first-order valence-electron chi connectivity index (χ1n) is 12.0. The molecule has 3 N–H and O–H groups in total. The zero-order valence-corrected chi connectivity index (χ0v) is 21.1. The third-order valence-electron chi connectivity index (χ3n) is 6.85. The molecular formula is C25H43N3O4. The number of hydrogen-bond donors (Lipinski definition) is 3. The molecule has 0 radical (unpaired) electrons. The normalized spacial score (nSPS) is 29.0. The zero-order valence-electron chi connectivity index (χ0n) is 21.1. The summed E-state index contributed by atoms with van der Waals surface area (Å²) in [6.07, 6.45) is 5.99. The van der Waals surface area contributed by atoms with Gasteiger partial charge in [0.2, 0.25) is 17.7 Å². The maximum atomic E-state index is 13.7. The second-order valence-corrected chi connectivity index (χ2v) is 11.2. The van der Waals surface area contributed by atoms with Crippen LogP contribution in [0.25, 0.3) is 0 Å². The molecule has 0 unspecified atom stereocenters. The number of likely N-dealkylation sites (tertiary alicyclic amines) is 1. The molecule has 1 aliphatic heterocycles. The number of aliphatic hydroxyl groups excluding tert-OH is 1. The molecule has 6 atom stereocenters. The van der Waals surface area contributed by atoms with Gasteiger partial charge in [-0.2, -0.15) is 0 Å². The van der Waals surface area contributed by atoms with Crippen molar-refractivity contribution in [3.63, 3.8) is 0 Å². The molecule has 182 valence electrons. The average molecular weight is 450 g/mol. The Kier molecular flexibility index (Phi) is 8.19. The molecule has 7 heteroatoms. The molecule has 0 spiro atoms. The number of carbonyl (C=O) groups excluding carboxylic acids is 3. The minimum absolute atomic E-state index is 0.0188. The van der Waals surface area contributed by atoms with Crippen LogP contribution in [0.5, 0.6) is 0 Å². The molecule has 0 saturated carbocycles. The molecule has 1 saturated heterocycles. The lowest BCUT2D eigenvalue weighted by Gasteiger charge is -2.38. The second-order valence-electron chi connectivity index (χ2n) is 11.2. The van der Waals surface area contributed by atoms with Crippen LogP contribution in [0.2, 0.25) is 0 Å². The molecule has 7 nitrogen and oxygen atoms in total. The van der Waals surface area contributed by atoms with Crippen LogP contribution < -0.4 is 10.6 Å². The molecule has 32 heavy (non-hydrogen) atoms. The zero-order chi connectivity index (χ0) is 24.4. The van der Waals surface area contributed by atoms with Gasteiger partial charge in [0, 0.05) is 18.5 Å². The van der Waals surface area contributed by atoms with Gasteiger partial charge >= 0.3 is 0 Å². The SMILES string of the molecule is CC[C@@H](CO)N1C(=O)[C@@H]2[C@H](C=C[C@@H](CC)[C@H]2C(=O)NC)[C@H]1C(=O)NC(C)(C)CC(C)(C)C. The number of fused-ring (bicyclic) bond motifs is 1. The van der Waals surface area contributed by atoms with Gasteiger partial charge in [0.1, 0.15) is 6.04 Å². The van der Waals surface area contributed by atoms with Crippen molar-refractivity contribution in [2.75, 3.05) is 13.7 Å². The van der Waals surface area contributed by atoms with Crippen molar-refractivity contribution in [3.05, 3.63) is 12.2 Å². The summed E-state index contributed by atoms with van der Waals surface area (Å²) in [7, 11) is 1.58. The molecule has 1 aliphatic carbocycles. The van der Waals surface area contributed by atoms with E-state index in [1.165, 1.54) is 0 Å². The Morgan fingerprint density at radius 1 is 1.12 bits per heavy atom. The predicted molar refractivity (Wildman–Crippen MR) is 126 cm³/mol. The molecule has 2 rings (SSSR count). The standard InChI is InChI=1S/C25H43N3O4/c1-9-15-11-12-17-19(18(15)21(30)26-8)23(32)28(16(10-2)13-29)20(17)22(31)27-25(6,7)14-24(3,4)5/h11-12,15-20,29H,9-10,13-14H2,1-8H3,(H,26,30)(H,27,31)/t15-,16+,17+,18-,19-,20+/m1/s1. The lowest BCUT2D eigenvalue weighted by Crippen LogP contribution is -2.56. The molecule has 2 aliphatic rings. The van der Waals surface area contributed by atoms with Crippen LogP contribution in [-0.4, -0.2) is 59.0 Å². The van der Waals surface area contributed by atoms with Gasteiger partial charge in [-0.15, -0.1) is 0 Å². The van der Waals surface area contributed by atoms with Crippen molar-refractivity contribution in [2.24, 2.45) is 29.1 Å². The predicted octanol–water partition coefficient (Wildman–Crippen LogP) is 2.49. The molecular weight excluding hydrogens is 406 g/mol. The van der Waals surface area contributed by atoms with Crippen molar-refractivity contribution < 1.29 is 19.5 Å². The maximum Gasteiger partial charge on any atom is 0.243 e. The van der Waals surface area contributed by atoms with E-state index in [4.69, 9.17) is 0 Å². The van der Waals surface area contributed by atoms with Gasteiger partial charge in [-0.05, 0) is 44.4 Å². The van der Waals surface area contributed by atoms with Gasteiger partial charge in [-0.1, -0.05) is 46.8 Å². The van der Waals surface area contributed by atoms with E-state index >= 15 is 0 Å². The summed E-state index contributed by atoms with van der Waals surface area (Å²) < 4.78 is 0. The van der Waals surface area contributed by atoms with Crippen molar-refractivity contribution in [3.8, 4) is 0 Å². The highest BCUT2D eigenvalue weighted by atomic mass is 16.3. The Labute approximate surface area is 193 Å². The smallest absolute Gasteiger partial charge is 0.243 e. The number of hydrogen-bond acceptors (Lipinski definition) is 4. The summed E-state index contributed by atoms with van der Waals surface area (Å²) in [6.45, 7) is 14.1. The summed E-state index contributed by atoms with van der Waals surface area (Å²) in [6, 6.07) is -1.21. The van der Waals surface area contributed by atoms with E-state index in [-0.39, 0.29) is 35.7 Å². The van der Waals surface area contributed by atoms with Gasteiger partial charge in [0.05, 0.1) is 24.5 Å². The molecule has 0 aromatic carbocycles. The number of amides is 3. The summed E-state index contributed by atoms with van der Waals surface area (Å²) >= 11 is 0. The van der Waals surface area contributed by atoms with Gasteiger partial charge < -0.3 is 20.6 Å². The number of nitrogens with zero attached hydrogens (tertiary/aromatic N) is 1. The van der Waals surface area contributed by atoms with Crippen LogP contribution >= 0.6 is 0 Å². The van der Waals surface area contributed by atoms with Crippen LogP contribution in [0.15, 0.2) is 12.2 Å². The maximum absolute atomic E-state index is 13.7. The molecule has 0 bridgehead atoms. The summed E-state index contributed by atoms with van der Waals surface area (Å²) in [5, 5.41) is 15.9. The first-order chi connectivity index (χ1) is 14.8. The third kappa shape index (κ3) is 5.36. The number of nitrogens with one attached hydrogen (secondary N) is 2. The van der Waals surface area contributed by atoms with E-state index in [0.29, 0.717) is 6.42 Å². The van der Waals surface area contributed by atoms with Crippen molar-refractivity contribution >= 4 is 17.7 Å². The van der Waals surface area contributed by atoms with Crippen molar-refractivity contribution in [1.29, 1.82) is 0 Å². The summed E-state index contributed by atoms with van der Waals surface area (Å²) in [5.74, 6) is -2.19. The quantitative estimate of drug-likeness (QED) is 0.496. The number of carbonyl (C=O) groups is 3. The fraction of sp³-hybridized carbons (Fsp3) is 0.800. The Bertz CT molecular complexity index is 736. The fourth-order valence-corrected chi connectivity index (χ4v) is 5.94. The highest BCUT2D eigenvalue weighted by Crippen LogP contribution is 2.46. The van der Waals surface area contributed by atoms with Gasteiger partial charge in [0.15, 0.2) is 0 Å². The van der Waals surface area contributed by atoms with Crippen LogP contribution in [0.3, 0.4) is 0 Å². The lowest BCUT2D eigenvalue weighted by atomic mass is 9.68. The van der Waals surface area contributed by atoms with E-state index in [1.54, 1.807) is 11.9 Å². The Morgan fingerprint density at radius 2 is 1.75 bits per heavy atom. The van der Waals surface area contributed by atoms with E-state index in [9.17, 15) is 19.5 Å². The van der Waals surface area contributed by atoms with Crippen LogP contribution in [0.1, 0.15) is 67.7 Å². The Balaban J connectivity index is 2.49. The van der Waals surface area contributed by atoms with Crippen molar-refractivity contribution in [2.45, 2.75) is 85.4 Å². The fourth-order valence-electron chi connectivity index (χ4n) is 5.94. The molecule has 0 aromatic rings. The first-order valence-corrected chi connectivity index (χ1v) is 12.0. The van der Waals surface area contributed by atoms with E-state index in [2.05, 4.69) is 31.4 Å². The molecule has 3 amide bonds. The van der Waals surface area contributed by atoms with Gasteiger partial charge in [-0.3, -0.25) is 14.4 Å². The van der Waals surface area contributed by atoms with E-state index < -0.39 is 35.4 Å². The number of allylic oxidation sites excluding steroid dienone is 1. The highest BCUT2D eigenvalue weighted by molar-refractivity contribution is 5.97. The lowest BCUT2D eigenvalue weighted by molar-refractivity contribution is -0.143. The summed E-state index contributed by atoms with van der Waals surface area (Å²) in [4.78, 5) is 41.8. The Morgan fingerprint density at radius 3 is 2.22 bits per heavy atom. The highest BCUT2D eigenvalue weighted by Gasteiger charge is 2.58. The second kappa shape index (κ2) is 9.94. The minimum Gasteiger partial charge on any atom is -0.394 e. The number of rotatable bonds is 8. The third-order valence-corrected chi connectivity index (χ3v) is 6.85.